The van der Waals surface area contributed by atoms with E-state index in [1.54, 1.807) is 18.3 Å². The fourth-order valence-electron chi connectivity index (χ4n) is 1.67. The number of aliphatic hydroxyl groups is 1. The van der Waals surface area contributed by atoms with Gasteiger partial charge in [-0.05, 0) is 11.6 Å². The number of carbonyl (C=O) groups excluding carboxylic acids is 2. The van der Waals surface area contributed by atoms with Gasteiger partial charge in [0.25, 0.3) is 0 Å². The van der Waals surface area contributed by atoms with Crippen molar-refractivity contribution in [3.05, 3.63) is 30.1 Å². The van der Waals surface area contributed by atoms with Crippen LogP contribution in [-0.4, -0.2) is 58.2 Å². The number of aliphatic hydroxyl groups excluding tert-OH is 1. The van der Waals surface area contributed by atoms with Gasteiger partial charge in [-0.3, -0.25) is 14.6 Å². The Morgan fingerprint density at radius 3 is 2.50 bits per heavy atom. The third kappa shape index (κ3) is 5.46. The second-order valence-electron chi connectivity index (χ2n) is 4.47. The summed E-state index contributed by atoms with van der Waals surface area (Å²) in [7, 11) is 0. The lowest BCUT2D eigenvalue weighted by atomic mass is 10.1. The predicted molar refractivity (Wildman–Crippen MR) is 75.6 cm³/mol. The van der Waals surface area contributed by atoms with Crippen LogP contribution in [0, 0.1) is 0 Å². The maximum atomic E-state index is 12.1. The number of rotatable bonds is 8. The van der Waals surface area contributed by atoms with Gasteiger partial charge in [-0.25, -0.2) is 4.79 Å². The second kappa shape index (κ2) is 8.70. The van der Waals surface area contributed by atoms with Crippen LogP contribution >= 0.6 is 0 Å². The number of hydrogen-bond acceptors (Lipinski definition) is 6. The molecule has 0 aliphatic heterocycles. The van der Waals surface area contributed by atoms with Gasteiger partial charge in [-0.2, -0.15) is 0 Å². The molecule has 1 rings (SSSR count). The van der Waals surface area contributed by atoms with Gasteiger partial charge in [0.2, 0.25) is 11.8 Å². The fourth-order valence-corrected chi connectivity index (χ4v) is 1.67. The number of nitrogens with zero attached hydrogens (tertiary/aromatic N) is 1. The summed E-state index contributed by atoms with van der Waals surface area (Å²) in [4.78, 5) is 38.3. The molecule has 0 saturated carbocycles. The average molecular weight is 310 g/mol. The van der Waals surface area contributed by atoms with Crippen LogP contribution in [0.4, 0.5) is 0 Å². The molecule has 0 saturated heterocycles. The summed E-state index contributed by atoms with van der Waals surface area (Å²) in [6, 6.07) is 0.915. The molecule has 0 bridgehead atoms. The summed E-state index contributed by atoms with van der Waals surface area (Å²) in [6.07, 6.45) is 3.20. The third-order valence-electron chi connectivity index (χ3n) is 2.80. The molecule has 0 fully saturated rings. The van der Waals surface area contributed by atoms with Gasteiger partial charge >= 0.3 is 5.97 Å². The Kier molecular flexibility index (Phi) is 6.93. The molecule has 120 valence electrons. The Morgan fingerprint density at radius 1 is 1.27 bits per heavy atom. The van der Waals surface area contributed by atoms with Crippen LogP contribution in [0.2, 0.25) is 0 Å². The lowest BCUT2D eigenvalue weighted by Gasteiger charge is -2.20. The highest BCUT2D eigenvalue weighted by Gasteiger charge is 2.26. The molecule has 2 atom stereocenters. The van der Waals surface area contributed by atoms with Crippen LogP contribution in [-0.2, 0) is 20.8 Å². The number of carbonyl (C=O) groups is 3. The van der Waals surface area contributed by atoms with Crippen molar-refractivity contribution in [2.45, 2.75) is 18.5 Å². The first kappa shape index (κ1) is 17.5. The number of pyridine rings is 1. The largest absolute Gasteiger partial charge is 0.480 e. The molecule has 6 N–H and O–H groups in total. The first-order valence-electron chi connectivity index (χ1n) is 6.50. The smallest absolute Gasteiger partial charge is 0.328 e. The number of carboxylic acids is 1. The van der Waals surface area contributed by atoms with Crippen molar-refractivity contribution >= 4 is 17.8 Å². The number of nitrogens with one attached hydrogen (secondary N) is 2. The van der Waals surface area contributed by atoms with Gasteiger partial charge in [-0.1, -0.05) is 6.07 Å². The quantitative estimate of drug-likeness (QED) is 0.359. The Balaban J connectivity index is 2.82. The average Bonchev–Trinajstić information content (AvgIpc) is 2.52. The maximum absolute atomic E-state index is 12.1. The van der Waals surface area contributed by atoms with E-state index in [0.29, 0.717) is 5.56 Å². The van der Waals surface area contributed by atoms with Crippen LogP contribution in [0.1, 0.15) is 5.56 Å². The lowest BCUT2D eigenvalue weighted by molar-refractivity contribution is -0.143. The molecule has 0 aliphatic carbocycles. The molecule has 0 unspecified atom stereocenters. The molecule has 0 spiro atoms. The molecule has 1 heterocycles. The zero-order valence-electron chi connectivity index (χ0n) is 11.7. The number of amides is 2. The summed E-state index contributed by atoms with van der Waals surface area (Å²) in [5.41, 5.74) is 5.88. The van der Waals surface area contributed by atoms with Crippen LogP contribution in [0.3, 0.4) is 0 Å². The second-order valence-corrected chi connectivity index (χ2v) is 4.47. The van der Waals surface area contributed by atoms with Crippen molar-refractivity contribution < 1.29 is 24.6 Å². The van der Waals surface area contributed by atoms with Crippen LogP contribution < -0.4 is 16.4 Å². The molecule has 22 heavy (non-hydrogen) atoms. The van der Waals surface area contributed by atoms with Crippen molar-refractivity contribution in [2.24, 2.45) is 5.73 Å². The van der Waals surface area contributed by atoms with Crippen molar-refractivity contribution in [1.82, 2.24) is 15.6 Å². The molecule has 2 amide bonds. The summed E-state index contributed by atoms with van der Waals surface area (Å²) in [5.74, 6) is -2.66. The zero-order valence-corrected chi connectivity index (χ0v) is 11.7. The van der Waals surface area contributed by atoms with E-state index in [2.05, 4.69) is 15.6 Å². The summed E-state index contributed by atoms with van der Waals surface area (Å²) < 4.78 is 0. The third-order valence-corrected chi connectivity index (χ3v) is 2.80. The van der Waals surface area contributed by atoms with E-state index >= 15 is 0 Å². The topological polar surface area (TPSA) is 155 Å². The normalized spacial score (nSPS) is 13.0. The summed E-state index contributed by atoms with van der Waals surface area (Å²) in [5, 5.41) is 22.3. The van der Waals surface area contributed by atoms with Crippen molar-refractivity contribution in [2.75, 3.05) is 13.2 Å². The number of aromatic nitrogens is 1. The van der Waals surface area contributed by atoms with Gasteiger partial charge in [0.15, 0.2) is 0 Å². The fraction of sp³-hybridized carbons (Fsp3) is 0.385. The molecule has 0 aromatic carbocycles. The number of aliphatic carboxylic acids is 1. The number of carboxylic acid groups (broad SMARTS) is 1. The molecule has 9 nitrogen and oxygen atoms in total. The predicted octanol–water partition coefficient (Wildman–Crippen LogP) is -2.37. The molecule has 1 aromatic heterocycles. The SMILES string of the molecule is NCC(=O)N[C@@H](Cc1cccnc1)C(=O)N[C@@H](CO)C(=O)O. The first-order chi connectivity index (χ1) is 10.5. The minimum absolute atomic E-state index is 0.114. The minimum atomic E-state index is -1.45. The standard InChI is InChI=1S/C13H18N4O5/c14-5-11(19)16-9(4-8-2-1-3-15-6-8)12(20)17-10(7-18)13(21)22/h1-3,6,9-10,18H,4-5,7,14H2,(H,16,19)(H,17,20)(H,21,22)/t9-,10-/m0/s1. The molecular formula is C13H18N4O5. The Bertz CT molecular complexity index is 522. The van der Waals surface area contributed by atoms with Crippen molar-refractivity contribution in [3.63, 3.8) is 0 Å². The molecular weight excluding hydrogens is 292 g/mol. The van der Waals surface area contributed by atoms with Crippen LogP contribution in [0.25, 0.3) is 0 Å². The molecule has 0 radical (unpaired) electrons. The van der Waals surface area contributed by atoms with E-state index in [4.69, 9.17) is 15.9 Å². The van der Waals surface area contributed by atoms with Crippen LogP contribution in [0.15, 0.2) is 24.5 Å². The van der Waals surface area contributed by atoms with Crippen molar-refractivity contribution in [3.8, 4) is 0 Å². The lowest BCUT2D eigenvalue weighted by Crippen LogP contribution is -2.54. The summed E-state index contributed by atoms with van der Waals surface area (Å²) >= 11 is 0. The maximum Gasteiger partial charge on any atom is 0.328 e. The monoisotopic (exact) mass is 310 g/mol. The Labute approximate surface area is 126 Å². The number of hydrogen-bond donors (Lipinski definition) is 5. The van der Waals surface area contributed by atoms with E-state index < -0.39 is 36.5 Å². The summed E-state index contributed by atoms with van der Waals surface area (Å²) in [6.45, 7) is -1.06. The molecule has 0 aliphatic rings. The van der Waals surface area contributed by atoms with E-state index in [9.17, 15) is 14.4 Å². The highest BCUT2D eigenvalue weighted by atomic mass is 16.4. The molecule has 9 heteroatoms. The van der Waals surface area contributed by atoms with E-state index in [1.807, 2.05) is 0 Å². The van der Waals surface area contributed by atoms with E-state index in [0.717, 1.165) is 0 Å². The Morgan fingerprint density at radius 2 is 2.00 bits per heavy atom. The highest BCUT2D eigenvalue weighted by molar-refractivity contribution is 5.91. The zero-order chi connectivity index (χ0) is 16.5. The van der Waals surface area contributed by atoms with Crippen LogP contribution in [0.5, 0.6) is 0 Å². The Hall–Kier alpha value is -2.52. The van der Waals surface area contributed by atoms with Gasteiger partial charge in [0.1, 0.15) is 12.1 Å². The van der Waals surface area contributed by atoms with Gasteiger partial charge in [0, 0.05) is 18.8 Å². The van der Waals surface area contributed by atoms with Gasteiger partial charge in [-0.15, -0.1) is 0 Å². The minimum Gasteiger partial charge on any atom is -0.480 e. The van der Waals surface area contributed by atoms with Crippen molar-refractivity contribution in [1.29, 1.82) is 0 Å². The highest BCUT2D eigenvalue weighted by Crippen LogP contribution is 2.02. The van der Waals surface area contributed by atoms with Gasteiger partial charge in [0.05, 0.1) is 13.2 Å². The van der Waals surface area contributed by atoms with E-state index in [1.165, 1.54) is 6.20 Å². The van der Waals surface area contributed by atoms with Gasteiger partial charge < -0.3 is 26.6 Å². The van der Waals surface area contributed by atoms with E-state index in [-0.39, 0.29) is 13.0 Å². The number of nitrogens with two attached hydrogens (primary N) is 1. The molecule has 1 aromatic rings. The first-order valence-corrected chi connectivity index (χ1v) is 6.50.